The highest BCUT2D eigenvalue weighted by Crippen LogP contribution is 2.45. The topological polar surface area (TPSA) is 78.4 Å². The molecule has 5 heteroatoms. The Morgan fingerprint density at radius 1 is 1.38 bits per heavy atom. The van der Waals surface area contributed by atoms with Crippen molar-refractivity contribution in [2.24, 2.45) is 11.3 Å². The van der Waals surface area contributed by atoms with Gasteiger partial charge in [0.15, 0.2) is 0 Å². The van der Waals surface area contributed by atoms with Crippen LogP contribution in [0.3, 0.4) is 0 Å². The van der Waals surface area contributed by atoms with E-state index in [-0.39, 0.29) is 11.8 Å². The number of nitrogens with one attached hydrogen (secondary N) is 2. The molecule has 0 saturated heterocycles. The molecule has 16 heavy (non-hydrogen) atoms. The molecule has 1 rings (SSSR count). The Labute approximate surface area is 95.6 Å². The highest BCUT2D eigenvalue weighted by molar-refractivity contribution is 5.86. The van der Waals surface area contributed by atoms with Gasteiger partial charge in [-0.05, 0) is 32.9 Å². The Kier molecular flexibility index (Phi) is 4.29. The van der Waals surface area contributed by atoms with Crippen molar-refractivity contribution >= 4 is 11.9 Å². The molecule has 1 amide bonds. The van der Waals surface area contributed by atoms with Crippen LogP contribution in [-0.4, -0.2) is 37.1 Å². The predicted octanol–water partition coefficient (Wildman–Crippen LogP) is 0.213. The summed E-state index contributed by atoms with van der Waals surface area (Å²) in [5, 5.41) is 14.6. The predicted molar refractivity (Wildman–Crippen MR) is 60.0 cm³/mol. The molecule has 0 spiro atoms. The van der Waals surface area contributed by atoms with Crippen LogP contribution in [0.2, 0.25) is 0 Å². The van der Waals surface area contributed by atoms with Gasteiger partial charge in [0, 0.05) is 12.0 Å². The average Bonchev–Trinajstić information content (AvgIpc) is 2.19. The SMILES string of the molecule is CNCCCNC(=O)C1(C)CC(C(=O)O)C1. The molecular formula is C11H20N2O3. The minimum absolute atomic E-state index is 0.0129. The number of hydrogen-bond acceptors (Lipinski definition) is 3. The molecule has 0 heterocycles. The average molecular weight is 228 g/mol. The molecule has 0 aromatic rings. The maximum Gasteiger partial charge on any atom is 0.306 e. The van der Waals surface area contributed by atoms with Gasteiger partial charge in [-0.15, -0.1) is 0 Å². The van der Waals surface area contributed by atoms with Gasteiger partial charge < -0.3 is 15.7 Å². The van der Waals surface area contributed by atoms with Crippen LogP contribution >= 0.6 is 0 Å². The third kappa shape index (κ3) is 2.95. The Hall–Kier alpha value is -1.10. The number of rotatable bonds is 6. The third-order valence-corrected chi connectivity index (χ3v) is 3.18. The molecule has 1 fully saturated rings. The molecule has 1 aliphatic carbocycles. The quantitative estimate of drug-likeness (QED) is 0.568. The maximum atomic E-state index is 11.8. The fraction of sp³-hybridized carbons (Fsp3) is 0.818. The zero-order valence-electron chi connectivity index (χ0n) is 9.88. The van der Waals surface area contributed by atoms with Gasteiger partial charge >= 0.3 is 5.97 Å². The van der Waals surface area contributed by atoms with E-state index >= 15 is 0 Å². The van der Waals surface area contributed by atoms with Crippen LogP contribution in [0, 0.1) is 11.3 Å². The standard InChI is InChI=1S/C11H20N2O3/c1-11(6-8(7-11)9(14)15)10(16)13-5-3-4-12-2/h8,12H,3-7H2,1-2H3,(H,13,16)(H,14,15). The summed E-state index contributed by atoms with van der Waals surface area (Å²) in [7, 11) is 1.87. The molecule has 0 aromatic heterocycles. The molecule has 0 unspecified atom stereocenters. The molecule has 0 radical (unpaired) electrons. The van der Waals surface area contributed by atoms with Gasteiger partial charge in [-0.1, -0.05) is 6.92 Å². The molecule has 3 N–H and O–H groups in total. The van der Waals surface area contributed by atoms with Crippen molar-refractivity contribution in [3.63, 3.8) is 0 Å². The first-order valence-corrected chi connectivity index (χ1v) is 5.65. The number of hydrogen-bond donors (Lipinski definition) is 3. The zero-order chi connectivity index (χ0) is 12.2. The smallest absolute Gasteiger partial charge is 0.306 e. The van der Waals surface area contributed by atoms with Gasteiger partial charge in [0.05, 0.1) is 5.92 Å². The molecule has 1 aliphatic rings. The first kappa shape index (κ1) is 13.0. The summed E-state index contributed by atoms with van der Waals surface area (Å²) >= 11 is 0. The lowest BCUT2D eigenvalue weighted by Crippen LogP contribution is -2.50. The molecule has 0 aromatic carbocycles. The Morgan fingerprint density at radius 2 is 2.00 bits per heavy atom. The number of carboxylic acids is 1. The lowest BCUT2D eigenvalue weighted by molar-refractivity contribution is -0.154. The largest absolute Gasteiger partial charge is 0.481 e. The van der Waals surface area contributed by atoms with Crippen molar-refractivity contribution in [3.8, 4) is 0 Å². The summed E-state index contributed by atoms with van der Waals surface area (Å²) in [5.74, 6) is -1.14. The summed E-state index contributed by atoms with van der Waals surface area (Å²) in [6.45, 7) is 3.35. The van der Waals surface area contributed by atoms with Gasteiger partial charge in [0.25, 0.3) is 0 Å². The van der Waals surface area contributed by atoms with Crippen molar-refractivity contribution < 1.29 is 14.7 Å². The highest BCUT2D eigenvalue weighted by Gasteiger charge is 2.48. The molecule has 92 valence electrons. The van der Waals surface area contributed by atoms with Crippen LogP contribution in [0.1, 0.15) is 26.2 Å². The number of carbonyl (C=O) groups excluding carboxylic acids is 1. The van der Waals surface area contributed by atoms with Crippen molar-refractivity contribution in [1.82, 2.24) is 10.6 Å². The molecule has 0 aliphatic heterocycles. The van der Waals surface area contributed by atoms with Crippen molar-refractivity contribution in [3.05, 3.63) is 0 Å². The molecular weight excluding hydrogens is 208 g/mol. The monoisotopic (exact) mass is 228 g/mol. The van der Waals surface area contributed by atoms with E-state index in [9.17, 15) is 9.59 Å². The molecule has 0 atom stereocenters. The third-order valence-electron chi connectivity index (χ3n) is 3.18. The second-order valence-corrected chi connectivity index (χ2v) is 4.72. The van der Waals surface area contributed by atoms with E-state index in [1.165, 1.54) is 0 Å². The van der Waals surface area contributed by atoms with Crippen LogP contribution in [0.25, 0.3) is 0 Å². The van der Waals surface area contributed by atoms with E-state index in [1.807, 2.05) is 14.0 Å². The number of carbonyl (C=O) groups is 2. The normalized spacial score (nSPS) is 28.2. The van der Waals surface area contributed by atoms with E-state index in [2.05, 4.69) is 10.6 Å². The number of aliphatic carboxylic acids is 1. The van der Waals surface area contributed by atoms with Gasteiger partial charge in [-0.25, -0.2) is 0 Å². The zero-order valence-corrected chi connectivity index (χ0v) is 9.88. The lowest BCUT2D eigenvalue weighted by Gasteiger charge is -2.41. The Balaban J connectivity index is 2.25. The van der Waals surface area contributed by atoms with Gasteiger partial charge in [0.1, 0.15) is 0 Å². The maximum absolute atomic E-state index is 11.8. The van der Waals surface area contributed by atoms with E-state index in [4.69, 9.17) is 5.11 Å². The number of amides is 1. The molecule has 1 saturated carbocycles. The van der Waals surface area contributed by atoms with E-state index in [0.717, 1.165) is 13.0 Å². The van der Waals surface area contributed by atoms with Crippen molar-refractivity contribution in [2.45, 2.75) is 26.2 Å². The van der Waals surface area contributed by atoms with E-state index in [1.54, 1.807) is 0 Å². The summed E-state index contributed by atoms with van der Waals surface area (Å²) in [4.78, 5) is 22.4. The van der Waals surface area contributed by atoms with Crippen molar-refractivity contribution in [2.75, 3.05) is 20.1 Å². The summed E-state index contributed by atoms with van der Waals surface area (Å²) < 4.78 is 0. The fourth-order valence-corrected chi connectivity index (χ4v) is 2.07. The molecule has 0 bridgehead atoms. The van der Waals surface area contributed by atoms with Crippen LogP contribution in [-0.2, 0) is 9.59 Å². The van der Waals surface area contributed by atoms with Crippen molar-refractivity contribution in [1.29, 1.82) is 0 Å². The van der Waals surface area contributed by atoms with Crippen LogP contribution in [0.4, 0.5) is 0 Å². The van der Waals surface area contributed by atoms with Crippen LogP contribution in [0.5, 0.6) is 0 Å². The molecule has 5 nitrogen and oxygen atoms in total. The minimum atomic E-state index is -0.791. The van der Waals surface area contributed by atoms with Gasteiger partial charge in [-0.2, -0.15) is 0 Å². The number of carboxylic acid groups (broad SMARTS) is 1. The summed E-state index contributed by atoms with van der Waals surface area (Å²) in [6.07, 6.45) is 1.81. The summed E-state index contributed by atoms with van der Waals surface area (Å²) in [6, 6.07) is 0. The minimum Gasteiger partial charge on any atom is -0.481 e. The Morgan fingerprint density at radius 3 is 2.50 bits per heavy atom. The second kappa shape index (κ2) is 5.30. The second-order valence-electron chi connectivity index (χ2n) is 4.72. The van der Waals surface area contributed by atoms with Crippen LogP contribution in [0.15, 0.2) is 0 Å². The first-order valence-electron chi connectivity index (χ1n) is 5.65. The van der Waals surface area contributed by atoms with E-state index < -0.39 is 11.4 Å². The fourth-order valence-electron chi connectivity index (χ4n) is 2.07. The first-order chi connectivity index (χ1) is 7.49. The Bertz CT molecular complexity index is 272. The highest BCUT2D eigenvalue weighted by atomic mass is 16.4. The van der Waals surface area contributed by atoms with Gasteiger partial charge in [-0.3, -0.25) is 9.59 Å². The lowest BCUT2D eigenvalue weighted by atomic mass is 9.62. The van der Waals surface area contributed by atoms with Crippen LogP contribution < -0.4 is 10.6 Å². The summed E-state index contributed by atoms with van der Waals surface area (Å²) in [5.41, 5.74) is -0.470. The van der Waals surface area contributed by atoms with Gasteiger partial charge in [0.2, 0.25) is 5.91 Å². The van der Waals surface area contributed by atoms with E-state index in [0.29, 0.717) is 19.4 Å².